The number of rotatable bonds is 7. The monoisotopic (exact) mass is 551 g/mol. The van der Waals surface area contributed by atoms with E-state index >= 15 is 0 Å². The third kappa shape index (κ3) is 6.22. The van der Waals surface area contributed by atoms with Gasteiger partial charge >= 0.3 is 6.61 Å². The number of hydrogen-bond acceptors (Lipinski definition) is 4. The summed E-state index contributed by atoms with van der Waals surface area (Å²) in [6.07, 6.45) is -0.767. The predicted octanol–water partition coefficient (Wildman–Crippen LogP) is 4.66. The fraction of sp³-hybridized carbons (Fsp3) is 0.250. The quantitative estimate of drug-likeness (QED) is 0.227. The van der Waals surface area contributed by atoms with Crippen LogP contribution < -0.4 is 15.4 Å². The van der Waals surface area contributed by atoms with Gasteiger partial charge in [-0.05, 0) is 29.7 Å². The molecule has 0 aliphatic rings. The molecule has 0 aliphatic heterocycles. The van der Waals surface area contributed by atoms with E-state index in [1.807, 2.05) is 30.3 Å². The maximum Gasteiger partial charge on any atom is 0.387 e. The minimum atomic E-state index is -3.05. The van der Waals surface area contributed by atoms with Crippen LogP contribution in [-0.2, 0) is 6.54 Å². The van der Waals surface area contributed by atoms with Crippen LogP contribution in [0.5, 0.6) is 5.75 Å². The van der Waals surface area contributed by atoms with Gasteiger partial charge in [-0.1, -0.05) is 24.3 Å². The van der Waals surface area contributed by atoms with Crippen LogP contribution >= 0.6 is 35.3 Å². The van der Waals surface area contributed by atoms with Crippen LogP contribution in [0, 0.1) is 5.82 Å². The second-order valence-electron chi connectivity index (χ2n) is 6.10. The van der Waals surface area contributed by atoms with Crippen molar-refractivity contribution in [1.29, 1.82) is 0 Å². The molecular weight excluding hydrogens is 530 g/mol. The van der Waals surface area contributed by atoms with Gasteiger partial charge < -0.3 is 20.5 Å². The molecule has 1 aromatic heterocycles. The van der Waals surface area contributed by atoms with E-state index in [9.17, 15) is 18.3 Å². The summed E-state index contributed by atoms with van der Waals surface area (Å²) in [5.41, 5.74) is -0.0409. The van der Waals surface area contributed by atoms with Crippen molar-refractivity contribution in [1.82, 2.24) is 10.6 Å². The lowest BCUT2D eigenvalue weighted by Crippen LogP contribution is -2.39. The molecule has 1 unspecified atom stereocenters. The maximum absolute atomic E-state index is 14.0. The predicted molar refractivity (Wildman–Crippen MR) is 123 cm³/mol. The maximum atomic E-state index is 14.0. The molecule has 0 radical (unpaired) electrons. The molecule has 3 N–H and O–H groups in total. The number of guanidine groups is 1. The fourth-order valence-electron chi connectivity index (χ4n) is 2.77. The van der Waals surface area contributed by atoms with Crippen molar-refractivity contribution in [2.75, 3.05) is 13.6 Å². The van der Waals surface area contributed by atoms with E-state index < -0.39 is 18.5 Å². The standard InChI is InChI=1S/C20H20F3N3O2S.HI/c1-24-20(25-10-13-14(21)6-4-7-16(13)28-19(22)23)26-11-15(27)18-9-12-5-2-3-8-17(12)29-18;/h2-9,15,19,27H,10-11H2,1H3,(H2,24,25,26);1H. The Labute approximate surface area is 193 Å². The topological polar surface area (TPSA) is 65.9 Å². The van der Waals surface area contributed by atoms with Crippen LogP contribution in [0.25, 0.3) is 10.1 Å². The van der Waals surface area contributed by atoms with E-state index in [2.05, 4.69) is 20.4 Å². The lowest BCUT2D eigenvalue weighted by molar-refractivity contribution is -0.0506. The van der Waals surface area contributed by atoms with Gasteiger partial charge in [0, 0.05) is 35.3 Å². The van der Waals surface area contributed by atoms with Crippen molar-refractivity contribution < 1.29 is 23.0 Å². The molecule has 3 rings (SSSR count). The average molecular weight is 551 g/mol. The molecule has 0 amide bonds. The SMILES string of the molecule is CN=C(NCc1c(F)cccc1OC(F)F)NCC(O)c1cc2ccccc2s1.I. The number of aliphatic imine (C=N–C) groups is 1. The number of nitrogens with zero attached hydrogens (tertiary/aromatic N) is 1. The van der Waals surface area contributed by atoms with Gasteiger partial charge in [-0.2, -0.15) is 8.78 Å². The molecule has 1 heterocycles. The number of thiophene rings is 1. The van der Waals surface area contributed by atoms with Gasteiger partial charge in [-0.15, -0.1) is 35.3 Å². The zero-order valence-electron chi connectivity index (χ0n) is 15.9. The van der Waals surface area contributed by atoms with Crippen molar-refractivity contribution in [2.24, 2.45) is 4.99 Å². The molecule has 0 fully saturated rings. The molecule has 30 heavy (non-hydrogen) atoms. The zero-order chi connectivity index (χ0) is 20.8. The number of aliphatic hydroxyl groups is 1. The molecule has 2 aromatic carbocycles. The van der Waals surface area contributed by atoms with E-state index in [4.69, 9.17) is 0 Å². The van der Waals surface area contributed by atoms with Crippen molar-refractivity contribution in [3.05, 3.63) is 64.8 Å². The molecule has 162 valence electrons. The molecule has 0 saturated heterocycles. The zero-order valence-corrected chi connectivity index (χ0v) is 19.1. The minimum absolute atomic E-state index is 0. The summed E-state index contributed by atoms with van der Waals surface area (Å²) in [6.45, 7) is -3.00. The Balaban J connectivity index is 0.00000320. The molecule has 5 nitrogen and oxygen atoms in total. The molecule has 0 saturated carbocycles. The van der Waals surface area contributed by atoms with E-state index in [1.54, 1.807) is 0 Å². The van der Waals surface area contributed by atoms with Crippen LogP contribution in [-0.4, -0.2) is 31.3 Å². The molecule has 1 atom stereocenters. The second-order valence-corrected chi connectivity index (χ2v) is 7.22. The van der Waals surface area contributed by atoms with Gasteiger partial charge in [0.2, 0.25) is 0 Å². The number of hydrogen-bond donors (Lipinski definition) is 3. The summed E-state index contributed by atoms with van der Waals surface area (Å²) in [6, 6.07) is 13.5. The van der Waals surface area contributed by atoms with Gasteiger partial charge in [-0.25, -0.2) is 4.39 Å². The number of nitrogens with one attached hydrogen (secondary N) is 2. The summed E-state index contributed by atoms with van der Waals surface area (Å²) in [5, 5.41) is 17.3. The number of benzene rings is 2. The lowest BCUT2D eigenvalue weighted by Gasteiger charge is -2.16. The Kier molecular flexibility index (Phi) is 9.18. The Morgan fingerprint density at radius 2 is 1.93 bits per heavy atom. The van der Waals surface area contributed by atoms with Crippen LogP contribution in [0.1, 0.15) is 16.5 Å². The summed E-state index contributed by atoms with van der Waals surface area (Å²) in [5.74, 6) is -0.624. The molecule has 10 heteroatoms. The fourth-order valence-corrected chi connectivity index (χ4v) is 3.82. The van der Waals surface area contributed by atoms with E-state index in [0.29, 0.717) is 0 Å². The molecule has 0 bridgehead atoms. The van der Waals surface area contributed by atoms with Crippen molar-refractivity contribution in [3.8, 4) is 5.75 Å². The molecule has 0 aliphatic carbocycles. The highest BCUT2D eigenvalue weighted by molar-refractivity contribution is 14.0. The first-order chi connectivity index (χ1) is 14.0. The summed E-state index contributed by atoms with van der Waals surface area (Å²) < 4.78 is 44.5. The Morgan fingerprint density at radius 1 is 1.17 bits per heavy atom. The van der Waals surface area contributed by atoms with Gasteiger partial charge in [-0.3, -0.25) is 4.99 Å². The number of fused-ring (bicyclic) bond motifs is 1. The van der Waals surface area contributed by atoms with Gasteiger partial charge in [0.05, 0.1) is 0 Å². The van der Waals surface area contributed by atoms with Gasteiger partial charge in [0.15, 0.2) is 5.96 Å². The summed E-state index contributed by atoms with van der Waals surface area (Å²) in [4.78, 5) is 4.81. The normalized spacial score (nSPS) is 12.5. The second kappa shape index (κ2) is 11.4. The Hall–Kier alpha value is -2.05. The van der Waals surface area contributed by atoms with Gasteiger partial charge in [0.25, 0.3) is 0 Å². The number of alkyl halides is 2. The van der Waals surface area contributed by atoms with Crippen molar-refractivity contribution >= 4 is 51.4 Å². The first kappa shape index (κ1) is 24.2. The third-order valence-corrected chi connectivity index (χ3v) is 5.40. The van der Waals surface area contributed by atoms with Crippen LogP contribution in [0.2, 0.25) is 0 Å². The Morgan fingerprint density at radius 3 is 2.63 bits per heavy atom. The summed E-state index contributed by atoms with van der Waals surface area (Å²) in [7, 11) is 1.51. The number of aliphatic hydroxyl groups excluding tert-OH is 1. The van der Waals surface area contributed by atoms with E-state index in [-0.39, 0.29) is 54.3 Å². The van der Waals surface area contributed by atoms with Gasteiger partial charge in [0.1, 0.15) is 17.7 Å². The first-order valence-corrected chi connectivity index (χ1v) is 9.63. The largest absolute Gasteiger partial charge is 0.434 e. The minimum Gasteiger partial charge on any atom is -0.434 e. The van der Waals surface area contributed by atoms with E-state index in [0.717, 1.165) is 21.0 Å². The third-order valence-electron chi connectivity index (χ3n) is 4.18. The van der Waals surface area contributed by atoms with Crippen LogP contribution in [0.3, 0.4) is 0 Å². The highest BCUT2D eigenvalue weighted by Gasteiger charge is 2.15. The Bertz CT molecular complexity index is 967. The number of halogens is 4. The van der Waals surface area contributed by atoms with Crippen LogP contribution in [0.4, 0.5) is 13.2 Å². The molecule has 3 aromatic rings. The lowest BCUT2D eigenvalue weighted by atomic mass is 10.2. The summed E-state index contributed by atoms with van der Waals surface area (Å²) >= 11 is 1.50. The smallest absolute Gasteiger partial charge is 0.387 e. The van der Waals surface area contributed by atoms with E-state index in [1.165, 1.54) is 30.5 Å². The average Bonchev–Trinajstić information content (AvgIpc) is 3.13. The highest BCUT2D eigenvalue weighted by Crippen LogP contribution is 2.29. The van der Waals surface area contributed by atoms with Crippen LogP contribution in [0.15, 0.2) is 53.5 Å². The molecular formula is C20H21F3IN3O2S. The molecule has 0 spiro atoms. The number of ether oxygens (including phenoxy) is 1. The van der Waals surface area contributed by atoms with Crippen molar-refractivity contribution in [3.63, 3.8) is 0 Å². The first-order valence-electron chi connectivity index (χ1n) is 8.81. The highest BCUT2D eigenvalue weighted by atomic mass is 127. The van der Waals surface area contributed by atoms with Crippen molar-refractivity contribution in [2.45, 2.75) is 19.3 Å².